The number of nitrogens with zero attached hydrogens (tertiary/aromatic N) is 4. The fourth-order valence-corrected chi connectivity index (χ4v) is 9.45. The molecule has 0 radical (unpaired) electrons. The Balaban J connectivity index is 0.946. The van der Waals surface area contributed by atoms with E-state index in [2.05, 4.69) is 40.0 Å². The van der Waals surface area contributed by atoms with Crippen LogP contribution >= 0.6 is 0 Å². The van der Waals surface area contributed by atoms with Gasteiger partial charge >= 0.3 is 12.2 Å². The number of hydrogen-bond donors (Lipinski definition) is 4. The molecule has 1 unspecified atom stereocenters. The van der Waals surface area contributed by atoms with Gasteiger partial charge in [-0.15, -0.1) is 0 Å². The molecule has 4 heterocycles. The molecule has 5 aliphatic rings. The smallest absolute Gasteiger partial charge is 0.407 e. The Morgan fingerprint density at radius 3 is 2.16 bits per heavy atom. The SMILES string of the molecule is COC(=O)NCC(=O)N1CC2(CC2)C[C@H]1c1ncc(-c2ccc3c(c2)C(F)(F)c2cc(-c4cnc([C@@H]5[C@H]6CC[C@H](C6)N5C(=O)C(C)NC(=O)OC)[nH]4)ccc2-3)[nH]1. The number of methoxy groups -OCH3 is 2. The minimum absolute atomic E-state index is 0.0293. The number of fused-ring (bicyclic) bond motifs is 5. The van der Waals surface area contributed by atoms with Crippen LogP contribution in [0.5, 0.6) is 0 Å². The van der Waals surface area contributed by atoms with E-state index < -0.39 is 24.2 Å². The number of rotatable bonds is 8. The van der Waals surface area contributed by atoms with Crippen molar-refractivity contribution in [3.05, 3.63) is 71.6 Å². The van der Waals surface area contributed by atoms with Crippen molar-refractivity contribution in [2.45, 2.75) is 75.5 Å². The maximum atomic E-state index is 16.4. The molecule has 2 bridgehead atoms. The highest BCUT2D eigenvalue weighted by molar-refractivity contribution is 5.87. The first-order valence-electron chi connectivity index (χ1n) is 19.0. The third kappa shape index (κ3) is 5.87. The molecule has 2 aromatic carbocycles. The number of halogens is 2. The molecule has 9 rings (SSSR count). The number of hydrogen-bond acceptors (Lipinski definition) is 8. The monoisotopic (exact) mass is 768 g/mol. The number of likely N-dealkylation sites (tertiary alicyclic amines) is 2. The molecule has 4 N–H and O–H groups in total. The van der Waals surface area contributed by atoms with Gasteiger partial charge in [0.05, 0.1) is 50.1 Å². The fourth-order valence-electron chi connectivity index (χ4n) is 9.45. The summed E-state index contributed by atoms with van der Waals surface area (Å²) in [4.78, 5) is 69.6. The minimum atomic E-state index is -3.29. The molecule has 5 atom stereocenters. The van der Waals surface area contributed by atoms with E-state index in [4.69, 9.17) is 0 Å². The van der Waals surface area contributed by atoms with Gasteiger partial charge in [-0.1, -0.05) is 24.3 Å². The normalized spacial score (nSPS) is 23.8. The Morgan fingerprint density at radius 1 is 0.911 bits per heavy atom. The molecule has 292 valence electrons. The van der Waals surface area contributed by atoms with Gasteiger partial charge in [0.2, 0.25) is 11.8 Å². The molecular formula is C40H42F2N8O6. The number of piperidine rings is 1. The van der Waals surface area contributed by atoms with Gasteiger partial charge in [-0.25, -0.2) is 19.6 Å². The van der Waals surface area contributed by atoms with Crippen molar-refractivity contribution >= 4 is 24.0 Å². The number of H-pyrrole nitrogens is 2. The average Bonchev–Trinajstić information content (AvgIpc) is 3.88. The van der Waals surface area contributed by atoms with Crippen molar-refractivity contribution in [2.24, 2.45) is 11.3 Å². The zero-order valence-electron chi connectivity index (χ0n) is 31.2. The van der Waals surface area contributed by atoms with Gasteiger partial charge in [-0.3, -0.25) is 9.59 Å². The van der Waals surface area contributed by atoms with Gasteiger partial charge in [0.15, 0.2) is 0 Å². The van der Waals surface area contributed by atoms with E-state index in [1.807, 2.05) is 4.90 Å². The van der Waals surface area contributed by atoms with Crippen molar-refractivity contribution in [3.63, 3.8) is 0 Å². The van der Waals surface area contributed by atoms with E-state index >= 15 is 8.78 Å². The van der Waals surface area contributed by atoms with E-state index in [1.165, 1.54) is 26.4 Å². The first kappa shape index (κ1) is 35.9. The molecule has 4 amide bonds. The Hall–Kier alpha value is -5.80. The van der Waals surface area contributed by atoms with Crippen LogP contribution in [0.4, 0.5) is 18.4 Å². The lowest BCUT2D eigenvalue weighted by Gasteiger charge is -2.36. The topological polar surface area (TPSA) is 175 Å². The summed E-state index contributed by atoms with van der Waals surface area (Å²) >= 11 is 0. The molecule has 16 heteroatoms. The molecule has 2 saturated heterocycles. The number of amides is 4. The molecule has 2 aliphatic heterocycles. The molecule has 1 spiro atoms. The second-order valence-corrected chi connectivity index (χ2v) is 15.8. The Bertz CT molecular complexity index is 2270. The van der Waals surface area contributed by atoms with E-state index in [1.54, 1.807) is 48.5 Å². The Morgan fingerprint density at radius 2 is 1.54 bits per heavy atom. The van der Waals surface area contributed by atoms with Crippen LogP contribution in [0.25, 0.3) is 33.6 Å². The van der Waals surface area contributed by atoms with E-state index in [0.717, 1.165) is 38.5 Å². The molecule has 4 aromatic rings. The lowest BCUT2D eigenvalue weighted by molar-refractivity contribution is -0.137. The first-order valence-corrected chi connectivity index (χ1v) is 19.0. The maximum Gasteiger partial charge on any atom is 0.407 e. The van der Waals surface area contributed by atoms with Gasteiger partial charge in [-0.2, -0.15) is 8.78 Å². The number of benzene rings is 2. The number of imidazole rings is 2. The third-order valence-corrected chi connectivity index (χ3v) is 12.5. The lowest BCUT2D eigenvalue weighted by Crippen LogP contribution is -2.50. The highest BCUT2D eigenvalue weighted by atomic mass is 19.3. The van der Waals surface area contributed by atoms with Crippen LogP contribution in [-0.4, -0.2) is 93.1 Å². The number of aromatic nitrogens is 4. The number of nitrogens with one attached hydrogen (secondary N) is 4. The van der Waals surface area contributed by atoms with Crippen molar-refractivity contribution in [1.29, 1.82) is 0 Å². The molecule has 4 fully saturated rings. The Kier molecular flexibility index (Phi) is 8.43. The second-order valence-electron chi connectivity index (χ2n) is 15.8. The summed E-state index contributed by atoms with van der Waals surface area (Å²) in [7, 11) is 2.48. The highest BCUT2D eigenvalue weighted by Gasteiger charge is 2.54. The summed E-state index contributed by atoms with van der Waals surface area (Å²) in [6, 6.07) is 8.58. The van der Waals surface area contributed by atoms with Gasteiger partial charge in [-0.05, 0) is 80.0 Å². The van der Waals surface area contributed by atoms with Gasteiger partial charge < -0.3 is 39.9 Å². The van der Waals surface area contributed by atoms with Crippen LogP contribution in [0.15, 0.2) is 48.8 Å². The summed E-state index contributed by atoms with van der Waals surface area (Å²) in [5, 5.41) is 5.02. The average molecular weight is 769 g/mol. The predicted molar refractivity (Wildman–Crippen MR) is 197 cm³/mol. The first-order chi connectivity index (χ1) is 26.9. The van der Waals surface area contributed by atoms with Crippen LogP contribution in [0.1, 0.15) is 80.3 Å². The van der Waals surface area contributed by atoms with Gasteiger partial charge in [0, 0.05) is 34.8 Å². The van der Waals surface area contributed by atoms with E-state index in [0.29, 0.717) is 51.8 Å². The molecule has 3 aliphatic carbocycles. The molecular weight excluding hydrogens is 726 g/mol. The number of alkyl carbamates (subject to hydrolysis) is 2. The number of carbonyl (C=O) groups excluding carboxylic acids is 4. The zero-order valence-corrected chi connectivity index (χ0v) is 31.2. The van der Waals surface area contributed by atoms with Crippen molar-refractivity contribution in [1.82, 2.24) is 40.4 Å². The van der Waals surface area contributed by atoms with Crippen LogP contribution in [0, 0.1) is 11.3 Å². The van der Waals surface area contributed by atoms with E-state index in [9.17, 15) is 19.2 Å². The van der Waals surface area contributed by atoms with Crippen LogP contribution < -0.4 is 10.6 Å². The quantitative estimate of drug-likeness (QED) is 0.174. The Labute approximate surface area is 320 Å². The van der Waals surface area contributed by atoms with Crippen LogP contribution in [0.3, 0.4) is 0 Å². The molecule has 14 nitrogen and oxygen atoms in total. The minimum Gasteiger partial charge on any atom is -0.453 e. The summed E-state index contributed by atoms with van der Waals surface area (Å²) in [5.74, 6) is -2.42. The summed E-state index contributed by atoms with van der Waals surface area (Å²) in [5.41, 5.74) is 2.90. The van der Waals surface area contributed by atoms with Gasteiger partial charge in [0.1, 0.15) is 24.2 Å². The van der Waals surface area contributed by atoms with Crippen molar-refractivity contribution in [3.8, 4) is 33.6 Å². The summed E-state index contributed by atoms with van der Waals surface area (Å²) in [6.45, 7) is 1.99. The van der Waals surface area contributed by atoms with Crippen LogP contribution in [0.2, 0.25) is 0 Å². The zero-order chi connectivity index (χ0) is 39.1. The summed E-state index contributed by atoms with van der Waals surface area (Å²) < 4.78 is 42.1. The third-order valence-electron chi connectivity index (χ3n) is 12.5. The lowest BCUT2D eigenvalue weighted by atomic mass is 9.97. The maximum absolute atomic E-state index is 16.4. The van der Waals surface area contributed by atoms with Crippen LogP contribution in [-0.2, 0) is 25.0 Å². The second kappa shape index (κ2) is 13.2. The van der Waals surface area contributed by atoms with E-state index in [-0.39, 0.29) is 58.9 Å². The number of alkyl halides is 2. The highest BCUT2D eigenvalue weighted by Crippen LogP contribution is 2.58. The van der Waals surface area contributed by atoms with Gasteiger partial charge in [0.25, 0.3) is 5.92 Å². The summed E-state index contributed by atoms with van der Waals surface area (Å²) in [6.07, 6.45) is 7.24. The number of ether oxygens (including phenoxy) is 2. The number of aromatic amines is 2. The molecule has 56 heavy (non-hydrogen) atoms. The van der Waals surface area contributed by atoms with Crippen molar-refractivity contribution < 1.29 is 37.4 Å². The standard InChI is InChI=1S/C40H42F2N8O6/c1-20(46-38(54)56-3)36(52)50-24-7-4-23(12-24)33(50)35-44-17-30(48-35)22-6-9-26-25-8-5-21(13-27(25)40(41,42)28(26)14-22)29-16-43-34(47-29)31-15-39(10-11-39)19-49(31)32(51)18-45-37(53)55-2/h5-6,8-9,13-14,16-17,20,23-24,31,33H,4,7,10-12,15,18-19H2,1-3H3,(H,43,47)(H,44,48)(H,45,53)(H,46,54)/t20?,23-,24+,31-,33-/m0/s1. The molecule has 2 aromatic heterocycles. The number of carbonyl (C=O) groups is 4. The van der Waals surface area contributed by atoms with Crippen molar-refractivity contribution in [2.75, 3.05) is 27.3 Å². The fraction of sp³-hybridized carbons (Fsp3) is 0.450. The largest absolute Gasteiger partial charge is 0.453 e. The predicted octanol–water partition coefficient (Wildman–Crippen LogP) is 5.79. The molecule has 2 saturated carbocycles.